The van der Waals surface area contributed by atoms with Crippen LogP contribution in [0.4, 0.5) is 4.79 Å². The monoisotopic (exact) mass is 408 g/mol. The smallest absolute Gasteiger partial charge is 0.411 e. The van der Waals surface area contributed by atoms with E-state index in [1.165, 1.54) is 12.1 Å². The van der Waals surface area contributed by atoms with Gasteiger partial charge < -0.3 is 14.9 Å². The summed E-state index contributed by atoms with van der Waals surface area (Å²) in [5, 5.41) is 20.2. The number of rotatable bonds is 7. The van der Waals surface area contributed by atoms with Gasteiger partial charge >= 0.3 is 12.1 Å². The molecule has 1 aromatic rings. The van der Waals surface area contributed by atoms with Gasteiger partial charge in [-0.25, -0.2) is 4.79 Å². The first-order chi connectivity index (χ1) is 13.2. The maximum Gasteiger partial charge on any atom is 0.411 e. The average Bonchev–Trinajstić information content (AvgIpc) is 2.54. The van der Waals surface area contributed by atoms with Crippen molar-refractivity contribution in [3.05, 3.63) is 29.8 Å². The van der Waals surface area contributed by atoms with Crippen LogP contribution in [0.15, 0.2) is 24.3 Å². The molecule has 8 nitrogen and oxygen atoms in total. The number of carbonyl (C=O) groups is 3. The standard InChI is InChI=1S/C21H32N2O6/c1-20(2,3)23(21(4,5)6)16(18(26)22-19(27)28)11-12-17(25)29-13-14-7-9-15(24)10-8-14/h7-10,16,24H,11-13H2,1-6H3,(H,22,26)(H,27,28)/t16-/m0/s1. The number of esters is 1. The molecule has 3 N–H and O–H groups in total. The fourth-order valence-corrected chi connectivity index (χ4v) is 3.59. The lowest BCUT2D eigenvalue weighted by Gasteiger charge is -2.49. The molecule has 0 spiro atoms. The number of ether oxygens (including phenoxy) is 1. The summed E-state index contributed by atoms with van der Waals surface area (Å²) < 4.78 is 5.24. The first kappa shape index (κ1) is 24.4. The van der Waals surface area contributed by atoms with Crippen molar-refractivity contribution < 1.29 is 29.3 Å². The summed E-state index contributed by atoms with van der Waals surface area (Å²) in [7, 11) is 0. The van der Waals surface area contributed by atoms with Crippen molar-refractivity contribution in [1.29, 1.82) is 0 Å². The SMILES string of the molecule is CC(C)(C)N([C@@H](CCC(=O)OCc1ccc(O)cc1)C(=O)NC(=O)O)C(C)(C)C. The maximum absolute atomic E-state index is 12.6. The second-order valence-corrected chi connectivity index (χ2v) is 8.89. The molecular weight excluding hydrogens is 376 g/mol. The first-order valence-corrected chi connectivity index (χ1v) is 9.48. The maximum atomic E-state index is 12.6. The van der Waals surface area contributed by atoms with Gasteiger partial charge in [-0.05, 0) is 65.7 Å². The van der Waals surface area contributed by atoms with Crippen LogP contribution in [-0.4, -0.2) is 50.2 Å². The average molecular weight is 408 g/mol. The molecule has 0 bridgehead atoms. The second kappa shape index (κ2) is 9.73. The fourth-order valence-electron chi connectivity index (χ4n) is 3.59. The lowest BCUT2D eigenvalue weighted by atomic mass is 9.91. The molecular formula is C21H32N2O6. The Morgan fingerprint density at radius 1 is 1.03 bits per heavy atom. The Kier molecular flexibility index (Phi) is 8.20. The summed E-state index contributed by atoms with van der Waals surface area (Å²) in [5.74, 6) is -1.04. The van der Waals surface area contributed by atoms with Gasteiger partial charge in [0.1, 0.15) is 12.4 Å². The molecule has 0 radical (unpaired) electrons. The van der Waals surface area contributed by atoms with Crippen LogP contribution in [0.25, 0.3) is 0 Å². The third kappa shape index (κ3) is 8.11. The summed E-state index contributed by atoms with van der Waals surface area (Å²) in [5.41, 5.74) is -0.175. The Labute approximate surface area is 171 Å². The lowest BCUT2D eigenvalue weighted by Crippen LogP contribution is -2.62. The molecule has 1 atom stereocenters. The van der Waals surface area contributed by atoms with Crippen LogP contribution in [0.2, 0.25) is 0 Å². The Bertz CT molecular complexity index is 702. The third-order valence-corrected chi connectivity index (χ3v) is 4.25. The Morgan fingerprint density at radius 2 is 1.55 bits per heavy atom. The van der Waals surface area contributed by atoms with E-state index in [1.807, 2.05) is 51.8 Å². The number of nitrogens with zero attached hydrogens (tertiary/aromatic N) is 1. The number of nitrogens with one attached hydrogen (secondary N) is 1. The van der Waals surface area contributed by atoms with Gasteiger partial charge in [0.15, 0.2) is 0 Å². The first-order valence-electron chi connectivity index (χ1n) is 9.48. The van der Waals surface area contributed by atoms with E-state index >= 15 is 0 Å². The van der Waals surface area contributed by atoms with E-state index in [4.69, 9.17) is 9.84 Å². The zero-order chi connectivity index (χ0) is 22.4. The number of phenolic OH excluding ortho intramolecular Hbond substituents is 1. The molecule has 0 aliphatic carbocycles. The van der Waals surface area contributed by atoms with Crippen LogP contribution >= 0.6 is 0 Å². The minimum absolute atomic E-state index is 0.0432. The van der Waals surface area contributed by atoms with Crippen LogP contribution in [0.5, 0.6) is 5.75 Å². The summed E-state index contributed by atoms with van der Waals surface area (Å²) >= 11 is 0. The van der Waals surface area contributed by atoms with Crippen molar-refractivity contribution in [3.63, 3.8) is 0 Å². The Morgan fingerprint density at radius 3 is 2.00 bits per heavy atom. The quantitative estimate of drug-likeness (QED) is 0.593. The van der Waals surface area contributed by atoms with Gasteiger partial charge in [-0.3, -0.25) is 19.8 Å². The molecule has 0 unspecified atom stereocenters. The second-order valence-electron chi connectivity index (χ2n) is 8.89. The molecule has 0 aliphatic rings. The number of benzene rings is 1. The van der Waals surface area contributed by atoms with Gasteiger partial charge in [0.05, 0.1) is 6.04 Å². The number of carbonyl (C=O) groups excluding carboxylic acids is 2. The van der Waals surface area contributed by atoms with Gasteiger partial charge in [-0.2, -0.15) is 0 Å². The molecule has 1 aromatic carbocycles. The molecule has 29 heavy (non-hydrogen) atoms. The van der Waals surface area contributed by atoms with E-state index in [9.17, 15) is 19.5 Å². The molecule has 0 fully saturated rings. The lowest BCUT2D eigenvalue weighted by molar-refractivity contribution is -0.146. The fraction of sp³-hybridized carbons (Fsp3) is 0.571. The number of imide groups is 1. The van der Waals surface area contributed by atoms with Gasteiger partial charge in [0.25, 0.3) is 0 Å². The number of hydrogen-bond donors (Lipinski definition) is 3. The summed E-state index contributed by atoms with van der Waals surface area (Å²) in [6.45, 7) is 11.6. The Hall–Kier alpha value is -2.61. The number of phenols is 1. The Balaban J connectivity index is 2.88. The van der Waals surface area contributed by atoms with E-state index in [0.29, 0.717) is 0 Å². The molecule has 0 aromatic heterocycles. The zero-order valence-electron chi connectivity index (χ0n) is 18.0. The summed E-state index contributed by atoms with van der Waals surface area (Å²) in [6.07, 6.45) is -1.36. The van der Waals surface area contributed by atoms with Crippen molar-refractivity contribution >= 4 is 18.0 Å². The summed E-state index contributed by atoms with van der Waals surface area (Å²) in [4.78, 5) is 37.7. The van der Waals surface area contributed by atoms with Gasteiger partial charge in [-0.15, -0.1) is 0 Å². The normalized spacial score (nSPS) is 13.1. The van der Waals surface area contributed by atoms with E-state index in [2.05, 4.69) is 0 Å². The van der Waals surface area contributed by atoms with E-state index in [1.54, 1.807) is 12.1 Å². The number of amides is 2. The number of hydrogen-bond acceptors (Lipinski definition) is 6. The number of carboxylic acid groups (broad SMARTS) is 1. The van der Waals surface area contributed by atoms with E-state index in [-0.39, 0.29) is 25.2 Å². The van der Waals surface area contributed by atoms with Crippen LogP contribution in [0, 0.1) is 0 Å². The van der Waals surface area contributed by atoms with Gasteiger partial charge in [-0.1, -0.05) is 12.1 Å². The molecule has 0 aliphatic heterocycles. The van der Waals surface area contributed by atoms with Crippen LogP contribution in [-0.2, 0) is 20.9 Å². The van der Waals surface area contributed by atoms with Crippen molar-refractivity contribution in [3.8, 4) is 5.75 Å². The minimum atomic E-state index is -1.43. The third-order valence-electron chi connectivity index (χ3n) is 4.25. The molecule has 0 saturated carbocycles. The highest BCUT2D eigenvalue weighted by Gasteiger charge is 2.41. The highest BCUT2D eigenvalue weighted by atomic mass is 16.5. The van der Waals surface area contributed by atoms with E-state index in [0.717, 1.165) is 5.56 Å². The van der Waals surface area contributed by atoms with Crippen molar-refractivity contribution in [2.24, 2.45) is 0 Å². The molecule has 162 valence electrons. The van der Waals surface area contributed by atoms with Gasteiger partial charge in [0.2, 0.25) is 5.91 Å². The van der Waals surface area contributed by atoms with Crippen molar-refractivity contribution in [1.82, 2.24) is 10.2 Å². The predicted octanol–water partition coefficient (Wildman–Crippen LogP) is 3.28. The highest BCUT2D eigenvalue weighted by Crippen LogP contribution is 2.30. The molecule has 0 saturated heterocycles. The highest BCUT2D eigenvalue weighted by molar-refractivity contribution is 5.94. The van der Waals surface area contributed by atoms with Crippen LogP contribution in [0.1, 0.15) is 59.9 Å². The molecule has 0 heterocycles. The zero-order valence-corrected chi connectivity index (χ0v) is 18.0. The number of aromatic hydroxyl groups is 1. The predicted molar refractivity (Wildman–Crippen MR) is 108 cm³/mol. The van der Waals surface area contributed by atoms with E-state index < -0.39 is 35.1 Å². The molecule has 8 heteroatoms. The topological polar surface area (TPSA) is 116 Å². The van der Waals surface area contributed by atoms with Gasteiger partial charge in [0, 0.05) is 17.5 Å². The van der Waals surface area contributed by atoms with Crippen LogP contribution in [0.3, 0.4) is 0 Å². The summed E-state index contributed by atoms with van der Waals surface area (Å²) in [6, 6.07) is 5.46. The molecule has 2 amide bonds. The molecule has 1 rings (SSSR count). The minimum Gasteiger partial charge on any atom is -0.508 e. The van der Waals surface area contributed by atoms with Crippen molar-refractivity contribution in [2.75, 3.05) is 0 Å². The van der Waals surface area contributed by atoms with Crippen LogP contribution < -0.4 is 5.32 Å². The largest absolute Gasteiger partial charge is 0.508 e. The van der Waals surface area contributed by atoms with Crippen molar-refractivity contribution in [2.45, 2.75) is 78.1 Å².